The summed E-state index contributed by atoms with van der Waals surface area (Å²) in [6.07, 6.45) is 2.02. The van der Waals surface area contributed by atoms with Crippen molar-refractivity contribution in [2.45, 2.75) is 45.3 Å². The monoisotopic (exact) mass is 262 g/mol. The summed E-state index contributed by atoms with van der Waals surface area (Å²) in [5.41, 5.74) is 2.69. The lowest BCUT2D eigenvalue weighted by molar-refractivity contribution is 0.222. The Morgan fingerprint density at radius 3 is 2.74 bits per heavy atom. The Morgan fingerprint density at radius 2 is 2.05 bits per heavy atom. The van der Waals surface area contributed by atoms with Gasteiger partial charge in [-0.2, -0.15) is 0 Å². The first-order chi connectivity index (χ1) is 9.17. The highest BCUT2D eigenvalue weighted by Gasteiger charge is 2.20. The second kappa shape index (κ2) is 7.04. The van der Waals surface area contributed by atoms with Crippen molar-refractivity contribution in [1.29, 1.82) is 0 Å². The average molecular weight is 262 g/mol. The van der Waals surface area contributed by atoms with E-state index in [9.17, 15) is 0 Å². The fraction of sp³-hybridized carbons (Fsp3) is 0.625. The Morgan fingerprint density at radius 1 is 1.32 bits per heavy atom. The number of benzene rings is 1. The number of hydrogen-bond donors (Lipinski definition) is 2. The Kier molecular flexibility index (Phi) is 5.37. The molecule has 0 radical (unpaired) electrons. The topological polar surface area (TPSA) is 35.5 Å². The van der Waals surface area contributed by atoms with Crippen LogP contribution in [-0.2, 0) is 6.54 Å². The summed E-state index contributed by atoms with van der Waals surface area (Å²) in [4.78, 5) is 2.50. The van der Waals surface area contributed by atoms with Crippen LogP contribution in [0, 0.1) is 6.92 Å². The maximum absolute atomic E-state index is 9.14. The molecule has 0 bridgehead atoms. The molecular formula is C16H26N2O. The first-order valence-electron chi connectivity index (χ1n) is 7.32. The van der Waals surface area contributed by atoms with Gasteiger partial charge in [-0.3, -0.25) is 4.90 Å². The van der Waals surface area contributed by atoms with Gasteiger partial charge in [-0.25, -0.2) is 0 Å². The quantitative estimate of drug-likeness (QED) is 0.870. The molecule has 0 spiro atoms. The Labute approximate surface area is 116 Å². The van der Waals surface area contributed by atoms with Crippen molar-refractivity contribution in [3.05, 3.63) is 35.4 Å². The fourth-order valence-corrected chi connectivity index (χ4v) is 2.74. The smallest absolute Gasteiger partial charge is 0.0446 e. The number of nitrogens with zero attached hydrogens (tertiary/aromatic N) is 1. The van der Waals surface area contributed by atoms with Crippen molar-refractivity contribution in [1.82, 2.24) is 10.2 Å². The second-order valence-electron chi connectivity index (χ2n) is 5.79. The van der Waals surface area contributed by atoms with Crippen LogP contribution in [0.4, 0.5) is 0 Å². The first kappa shape index (κ1) is 14.5. The molecule has 1 fully saturated rings. The van der Waals surface area contributed by atoms with E-state index in [-0.39, 0.29) is 6.61 Å². The van der Waals surface area contributed by atoms with E-state index in [1.54, 1.807) is 0 Å². The van der Waals surface area contributed by atoms with E-state index in [0.717, 1.165) is 26.1 Å². The Bertz CT molecular complexity index is 377. The van der Waals surface area contributed by atoms with Crippen LogP contribution in [0.1, 0.15) is 30.9 Å². The average Bonchev–Trinajstić information content (AvgIpc) is 2.55. The number of hydrogen-bond acceptors (Lipinski definition) is 3. The maximum atomic E-state index is 9.14. The van der Waals surface area contributed by atoms with E-state index in [4.69, 9.17) is 5.11 Å². The Hall–Kier alpha value is -0.900. The van der Waals surface area contributed by atoms with Gasteiger partial charge in [0.1, 0.15) is 0 Å². The number of aliphatic hydroxyl groups is 1. The van der Waals surface area contributed by atoms with Crippen LogP contribution in [-0.4, -0.2) is 41.8 Å². The van der Waals surface area contributed by atoms with Crippen molar-refractivity contribution in [2.75, 3.05) is 19.7 Å². The Balaban J connectivity index is 1.96. The molecule has 3 nitrogen and oxygen atoms in total. The molecule has 2 N–H and O–H groups in total. The minimum absolute atomic E-state index is 0.267. The summed E-state index contributed by atoms with van der Waals surface area (Å²) in [5.74, 6) is 0. The third kappa shape index (κ3) is 4.60. The molecule has 0 aliphatic carbocycles. The third-order valence-corrected chi connectivity index (χ3v) is 3.88. The molecule has 1 aromatic rings. The van der Waals surface area contributed by atoms with Crippen LogP contribution in [0.25, 0.3) is 0 Å². The third-order valence-electron chi connectivity index (χ3n) is 3.88. The molecule has 1 aliphatic rings. The molecule has 2 unspecified atom stereocenters. The number of nitrogens with one attached hydrogen (secondary N) is 1. The highest BCUT2D eigenvalue weighted by Crippen LogP contribution is 2.12. The molecule has 1 heterocycles. The van der Waals surface area contributed by atoms with Crippen LogP contribution in [0.2, 0.25) is 0 Å². The number of aryl methyl sites for hydroxylation is 1. The standard InChI is InChI=1S/C16H26N2O/c1-13-3-5-15(6-4-13)11-18-9-7-14(2)17-16(12-18)8-10-19/h3-6,14,16-17,19H,7-12H2,1-2H3. The predicted molar refractivity (Wildman–Crippen MR) is 79.2 cm³/mol. The highest BCUT2D eigenvalue weighted by molar-refractivity contribution is 5.21. The van der Waals surface area contributed by atoms with Gasteiger partial charge in [0.05, 0.1) is 0 Å². The van der Waals surface area contributed by atoms with Crippen molar-refractivity contribution in [3.63, 3.8) is 0 Å². The van der Waals surface area contributed by atoms with E-state index in [1.165, 1.54) is 17.5 Å². The fourth-order valence-electron chi connectivity index (χ4n) is 2.74. The van der Waals surface area contributed by atoms with Crippen molar-refractivity contribution < 1.29 is 5.11 Å². The lowest BCUT2D eigenvalue weighted by atomic mass is 10.1. The van der Waals surface area contributed by atoms with Crippen molar-refractivity contribution in [2.24, 2.45) is 0 Å². The first-order valence-corrected chi connectivity index (χ1v) is 7.32. The van der Waals surface area contributed by atoms with Gasteiger partial charge in [0.25, 0.3) is 0 Å². The van der Waals surface area contributed by atoms with Gasteiger partial charge in [0.2, 0.25) is 0 Å². The molecule has 0 aromatic heterocycles. The van der Waals surface area contributed by atoms with E-state index in [2.05, 4.69) is 48.3 Å². The minimum atomic E-state index is 0.267. The van der Waals surface area contributed by atoms with Crippen LogP contribution in [0.15, 0.2) is 24.3 Å². The highest BCUT2D eigenvalue weighted by atomic mass is 16.3. The number of rotatable bonds is 4. The van der Waals surface area contributed by atoms with Crippen LogP contribution < -0.4 is 5.32 Å². The van der Waals surface area contributed by atoms with E-state index >= 15 is 0 Å². The summed E-state index contributed by atoms with van der Waals surface area (Å²) >= 11 is 0. The van der Waals surface area contributed by atoms with Gasteiger partial charge in [-0.05, 0) is 32.3 Å². The molecule has 1 saturated heterocycles. The normalized spacial score (nSPS) is 25.2. The zero-order valence-corrected chi connectivity index (χ0v) is 12.1. The van der Waals surface area contributed by atoms with E-state index in [1.807, 2.05) is 0 Å². The van der Waals surface area contributed by atoms with Crippen LogP contribution in [0.3, 0.4) is 0 Å². The van der Waals surface area contributed by atoms with Gasteiger partial charge in [0.15, 0.2) is 0 Å². The number of aliphatic hydroxyl groups excluding tert-OH is 1. The summed E-state index contributed by atoms with van der Waals surface area (Å²) < 4.78 is 0. The molecule has 2 atom stereocenters. The molecule has 1 aliphatic heterocycles. The molecule has 1 aromatic carbocycles. The molecule has 0 saturated carbocycles. The van der Waals surface area contributed by atoms with Crippen molar-refractivity contribution >= 4 is 0 Å². The maximum Gasteiger partial charge on any atom is 0.0446 e. The molecule has 3 heteroatoms. The zero-order chi connectivity index (χ0) is 13.7. The summed E-state index contributed by atoms with van der Waals surface area (Å²) in [7, 11) is 0. The molecule has 2 rings (SSSR count). The van der Waals surface area contributed by atoms with E-state index < -0.39 is 0 Å². The van der Waals surface area contributed by atoms with Gasteiger partial charge < -0.3 is 10.4 Å². The van der Waals surface area contributed by atoms with Crippen LogP contribution in [0.5, 0.6) is 0 Å². The van der Waals surface area contributed by atoms with Gasteiger partial charge in [-0.1, -0.05) is 29.8 Å². The summed E-state index contributed by atoms with van der Waals surface area (Å²) in [5, 5.41) is 12.7. The summed E-state index contributed by atoms with van der Waals surface area (Å²) in [6.45, 7) is 7.79. The van der Waals surface area contributed by atoms with E-state index in [0.29, 0.717) is 12.1 Å². The molecule has 19 heavy (non-hydrogen) atoms. The van der Waals surface area contributed by atoms with Gasteiger partial charge in [-0.15, -0.1) is 0 Å². The van der Waals surface area contributed by atoms with Gasteiger partial charge in [0, 0.05) is 38.3 Å². The van der Waals surface area contributed by atoms with Crippen molar-refractivity contribution in [3.8, 4) is 0 Å². The summed E-state index contributed by atoms with van der Waals surface area (Å²) in [6, 6.07) is 9.75. The SMILES string of the molecule is Cc1ccc(CN2CCC(C)NC(CCO)C2)cc1. The molecule has 106 valence electrons. The van der Waals surface area contributed by atoms with Crippen LogP contribution >= 0.6 is 0 Å². The predicted octanol–water partition coefficient (Wildman–Crippen LogP) is 1.93. The van der Waals surface area contributed by atoms with Gasteiger partial charge >= 0.3 is 0 Å². The minimum Gasteiger partial charge on any atom is -0.396 e. The molecule has 0 amide bonds. The largest absolute Gasteiger partial charge is 0.396 e. The second-order valence-corrected chi connectivity index (χ2v) is 5.79. The molecular weight excluding hydrogens is 236 g/mol. The zero-order valence-electron chi connectivity index (χ0n) is 12.1. The lowest BCUT2D eigenvalue weighted by Gasteiger charge is -2.24. The lowest BCUT2D eigenvalue weighted by Crippen LogP contribution is -2.40.